The number of rotatable bonds is 7. The van der Waals surface area contributed by atoms with Gasteiger partial charge in [-0.3, -0.25) is 4.79 Å². The van der Waals surface area contributed by atoms with Gasteiger partial charge in [0.2, 0.25) is 5.91 Å². The van der Waals surface area contributed by atoms with Crippen molar-refractivity contribution >= 4 is 54.9 Å². The Morgan fingerprint density at radius 2 is 2.19 bits per heavy atom. The predicted molar refractivity (Wildman–Crippen MR) is 135 cm³/mol. The molecule has 2 aromatic heterocycles. The number of nitrogens with one attached hydrogen (secondary N) is 2. The molecule has 1 aliphatic heterocycles. The zero-order chi connectivity index (χ0) is 22.7. The van der Waals surface area contributed by atoms with Gasteiger partial charge in [-0.2, -0.15) is 0 Å². The minimum atomic E-state index is 0.0581. The molecule has 0 fully saturated rings. The molecule has 8 heteroatoms. The van der Waals surface area contributed by atoms with E-state index in [0.29, 0.717) is 19.6 Å². The topological polar surface area (TPSA) is 70.2 Å². The second-order valence-corrected chi connectivity index (χ2v) is 10.6. The van der Waals surface area contributed by atoms with Crippen molar-refractivity contribution in [2.24, 2.45) is 0 Å². The van der Waals surface area contributed by atoms with Crippen LogP contribution in [0.1, 0.15) is 37.6 Å². The molecular formula is C24H28BrN5OS. The van der Waals surface area contributed by atoms with Crippen molar-refractivity contribution in [3.05, 3.63) is 57.7 Å². The van der Waals surface area contributed by atoms with Crippen LogP contribution in [0.15, 0.2) is 47.2 Å². The first-order valence-electron chi connectivity index (χ1n) is 10.8. The molecule has 0 bridgehead atoms. The Bertz CT molecular complexity index is 1160. The maximum atomic E-state index is 12.7. The van der Waals surface area contributed by atoms with Gasteiger partial charge in [-0.1, -0.05) is 35.0 Å². The lowest BCUT2D eigenvalue weighted by Gasteiger charge is -2.26. The van der Waals surface area contributed by atoms with Gasteiger partial charge >= 0.3 is 0 Å². The fourth-order valence-electron chi connectivity index (χ4n) is 3.64. The van der Waals surface area contributed by atoms with E-state index in [1.54, 1.807) is 23.7 Å². The van der Waals surface area contributed by atoms with Crippen LogP contribution >= 0.6 is 27.3 Å². The standard InChI is InChI=1S/C24H28BrN5OS/c1-4-24(2,3)28-11-6-9-20(31)30-12-10-18-19(14-30)32-23-21(18)22(26-15-27-23)29-17-8-5-7-16(25)13-17/h5-9,13,15,28H,4,10-12,14H2,1-3H3,(H,26,27,29)/b9-6+. The molecule has 6 nitrogen and oxygen atoms in total. The van der Waals surface area contributed by atoms with Crippen molar-refractivity contribution in [1.29, 1.82) is 0 Å². The number of carbonyl (C=O) groups is 1. The van der Waals surface area contributed by atoms with Crippen LogP contribution in [-0.2, 0) is 17.8 Å². The summed E-state index contributed by atoms with van der Waals surface area (Å²) in [6, 6.07) is 8.02. The van der Waals surface area contributed by atoms with E-state index in [1.165, 1.54) is 10.4 Å². The molecule has 3 heterocycles. The molecule has 0 saturated carbocycles. The van der Waals surface area contributed by atoms with Crippen LogP contribution in [0.2, 0.25) is 0 Å². The van der Waals surface area contributed by atoms with Gasteiger partial charge in [0.25, 0.3) is 0 Å². The molecule has 32 heavy (non-hydrogen) atoms. The number of anilines is 2. The van der Waals surface area contributed by atoms with Crippen molar-refractivity contribution in [3.63, 3.8) is 0 Å². The molecular weight excluding hydrogens is 486 g/mol. The van der Waals surface area contributed by atoms with E-state index in [2.05, 4.69) is 57.3 Å². The summed E-state index contributed by atoms with van der Waals surface area (Å²) in [5.41, 5.74) is 2.30. The van der Waals surface area contributed by atoms with E-state index >= 15 is 0 Å². The van der Waals surface area contributed by atoms with Crippen LogP contribution in [0.25, 0.3) is 10.2 Å². The summed E-state index contributed by atoms with van der Waals surface area (Å²) in [5, 5.41) is 7.96. The molecule has 168 valence electrons. The molecule has 3 aromatic rings. The molecule has 1 aromatic carbocycles. The highest BCUT2D eigenvalue weighted by atomic mass is 79.9. The highest BCUT2D eigenvalue weighted by molar-refractivity contribution is 9.10. The zero-order valence-electron chi connectivity index (χ0n) is 18.6. The molecule has 2 N–H and O–H groups in total. The SMILES string of the molecule is CCC(C)(C)NC/C=C/C(=O)N1CCc2c(sc3ncnc(Nc4cccc(Br)c4)c23)C1. The molecule has 0 atom stereocenters. The van der Waals surface area contributed by atoms with E-state index in [1.807, 2.05) is 35.2 Å². The van der Waals surface area contributed by atoms with E-state index in [9.17, 15) is 4.79 Å². The molecule has 0 radical (unpaired) electrons. The summed E-state index contributed by atoms with van der Waals surface area (Å²) in [5.74, 6) is 0.873. The third-order valence-electron chi connectivity index (χ3n) is 5.88. The summed E-state index contributed by atoms with van der Waals surface area (Å²) >= 11 is 5.17. The van der Waals surface area contributed by atoms with Crippen LogP contribution in [0.4, 0.5) is 11.5 Å². The molecule has 4 rings (SSSR count). The van der Waals surface area contributed by atoms with E-state index in [4.69, 9.17) is 0 Å². The number of hydrogen-bond donors (Lipinski definition) is 2. The summed E-state index contributed by atoms with van der Waals surface area (Å²) in [6.07, 6.45) is 7.05. The molecule has 1 aliphatic rings. The summed E-state index contributed by atoms with van der Waals surface area (Å²) in [4.78, 5) is 25.8. The number of amides is 1. The average molecular weight is 514 g/mol. The first-order valence-corrected chi connectivity index (χ1v) is 12.5. The quantitative estimate of drug-likeness (QED) is 0.413. The Morgan fingerprint density at radius 1 is 1.34 bits per heavy atom. The number of carbonyl (C=O) groups excluding carboxylic acids is 1. The van der Waals surface area contributed by atoms with Crippen LogP contribution in [0.5, 0.6) is 0 Å². The maximum absolute atomic E-state index is 12.7. The summed E-state index contributed by atoms with van der Waals surface area (Å²) in [7, 11) is 0. The van der Waals surface area contributed by atoms with Crippen LogP contribution in [0, 0.1) is 0 Å². The normalized spacial score (nSPS) is 14.2. The lowest BCUT2D eigenvalue weighted by molar-refractivity contribution is -0.126. The average Bonchev–Trinajstić information content (AvgIpc) is 3.15. The number of aromatic nitrogens is 2. The summed E-state index contributed by atoms with van der Waals surface area (Å²) in [6.45, 7) is 8.49. The zero-order valence-corrected chi connectivity index (χ0v) is 21.0. The van der Waals surface area contributed by atoms with Crippen molar-refractivity contribution in [2.75, 3.05) is 18.4 Å². The molecule has 0 spiro atoms. The number of fused-ring (bicyclic) bond motifs is 3. The van der Waals surface area contributed by atoms with Crippen LogP contribution in [-0.4, -0.2) is 39.4 Å². The third kappa shape index (κ3) is 5.19. The molecule has 0 saturated heterocycles. The maximum Gasteiger partial charge on any atom is 0.246 e. The number of nitrogens with zero attached hydrogens (tertiary/aromatic N) is 3. The first-order chi connectivity index (χ1) is 15.4. The number of benzene rings is 1. The lowest BCUT2D eigenvalue weighted by atomic mass is 10.0. The number of hydrogen-bond acceptors (Lipinski definition) is 6. The molecule has 0 unspecified atom stereocenters. The highest BCUT2D eigenvalue weighted by Gasteiger charge is 2.25. The minimum absolute atomic E-state index is 0.0581. The van der Waals surface area contributed by atoms with Crippen molar-refractivity contribution in [1.82, 2.24) is 20.2 Å². The second kappa shape index (κ2) is 9.68. The van der Waals surface area contributed by atoms with Gasteiger partial charge in [-0.05, 0) is 50.5 Å². The number of halogens is 1. The Balaban J connectivity index is 1.49. The second-order valence-electron chi connectivity index (χ2n) is 8.57. The fourth-order valence-corrected chi connectivity index (χ4v) is 5.24. The minimum Gasteiger partial charge on any atom is -0.340 e. The van der Waals surface area contributed by atoms with Gasteiger partial charge in [-0.15, -0.1) is 11.3 Å². The van der Waals surface area contributed by atoms with Crippen molar-refractivity contribution in [3.8, 4) is 0 Å². The van der Waals surface area contributed by atoms with Crippen LogP contribution in [0.3, 0.4) is 0 Å². The van der Waals surface area contributed by atoms with Gasteiger partial charge in [0, 0.05) is 39.7 Å². The van der Waals surface area contributed by atoms with Gasteiger partial charge in [0.05, 0.1) is 11.9 Å². The van der Waals surface area contributed by atoms with Crippen molar-refractivity contribution < 1.29 is 4.79 Å². The smallest absolute Gasteiger partial charge is 0.246 e. The Labute approximate surface area is 201 Å². The Hall–Kier alpha value is -2.29. The van der Waals surface area contributed by atoms with E-state index in [-0.39, 0.29) is 11.4 Å². The van der Waals surface area contributed by atoms with E-state index in [0.717, 1.165) is 39.0 Å². The fraction of sp³-hybridized carbons (Fsp3) is 0.375. The molecule has 1 amide bonds. The lowest BCUT2D eigenvalue weighted by Crippen LogP contribution is -2.38. The van der Waals surface area contributed by atoms with Gasteiger partial charge in [0.1, 0.15) is 17.0 Å². The van der Waals surface area contributed by atoms with E-state index < -0.39 is 0 Å². The van der Waals surface area contributed by atoms with Gasteiger partial charge < -0.3 is 15.5 Å². The largest absolute Gasteiger partial charge is 0.340 e. The monoisotopic (exact) mass is 513 g/mol. The van der Waals surface area contributed by atoms with Crippen molar-refractivity contribution in [2.45, 2.75) is 45.7 Å². The number of thiophene rings is 1. The first kappa shape index (κ1) is 22.9. The predicted octanol–water partition coefficient (Wildman–Crippen LogP) is 5.42. The van der Waals surface area contributed by atoms with Gasteiger partial charge in [0.15, 0.2) is 0 Å². The Morgan fingerprint density at radius 3 is 2.97 bits per heavy atom. The van der Waals surface area contributed by atoms with Gasteiger partial charge in [-0.25, -0.2) is 9.97 Å². The Kier molecular flexibility index (Phi) is 6.93. The van der Waals surface area contributed by atoms with Crippen LogP contribution < -0.4 is 10.6 Å². The molecule has 0 aliphatic carbocycles. The third-order valence-corrected chi connectivity index (χ3v) is 7.50. The highest BCUT2D eigenvalue weighted by Crippen LogP contribution is 2.38. The summed E-state index contributed by atoms with van der Waals surface area (Å²) < 4.78 is 1.01.